The van der Waals surface area contributed by atoms with Crippen LogP contribution in [0.4, 0.5) is 0 Å². The topological polar surface area (TPSA) is 37.3 Å². The molecule has 2 heteroatoms. The zero-order valence-corrected chi connectivity index (χ0v) is 12.5. The van der Waals surface area contributed by atoms with Crippen molar-refractivity contribution in [2.45, 2.75) is 52.9 Å². The number of aliphatic carboxylic acids is 1. The van der Waals surface area contributed by atoms with Crippen molar-refractivity contribution in [1.82, 2.24) is 0 Å². The van der Waals surface area contributed by atoms with Crippen LogP contribution >= 0.6 is 0 Å². The maximum absolute atomic E-state index is 11.1. The molecule has 1 rings (SSSR count). The molecule has 1 aromatic carbocycles. The van der Waals surface area contributed by atoms with Gasteiger partial charge in [0.1, 0.15) is 0 Å². The Kier molecular flexibility index (Phi) is 5.34. The Hall–Kier alpha value is -1.57. The fourth-order valence-electron chi connectivity index (χ4n) is 2.09. The largest absolute Gasteiger partial charge is 0.478 e. The van der Waals surface area contributed by atoms with Gasteiger partial charge < -0.3 is 5.11 Å². The van der Waals surface area contributed by atoms with Crippen molar-refractivity contribution in [2.24, 2.45) is 0 Å². The lowest BCUT2D eigenvalue weighted by Gasteiger charge is -2.15. The first-order valence-corrected chi connectivity index (χ1v) is 6.94. The Morgan fingerprint density at radius 3 is 2.26 bits per heavy atom. The number of carboxylic acid groups (broad SMARTS) is 1. The first-order valence-electron chi connectivity index (χ1n) is 6.94. The van der Waals surface area contributed by atoms with E-state index in [1.807, 2.05) is 19.1 Å². The van der Waals surface area contributed by atoms with Crippen LogP contribution in [0.1, 0.15) is 69.6 Å². The second-order valence-electron chi connectivity index (χ2n) is 5.53. The second kappa shape index (κ2) is 6.55. The zero-order valence-electron chi connectivity index (χ0n) is 12.5. The molecular weight excluding hydrogens is 236 g/mol. The van der Waals surface area contributed by atoms with Gasteiger partial charge in [-0.2, -0.15) is 0 Å². The van der Waals surface area contributed by atoms with Gasteiger partial charge in [-0.15, -0.1) is 0 Å². The fraction of sp³-hybridized carbons (Fsp3) is 0.471. The molecule has 0 fully saturated rings. The molecule has 2 nitrogen and oxygen atoms in total. The highest BCUT2D eigenvalue weighted by Crippen LogP contribution is 2.26. The van der Waals surface area contributed by atoms with Crippen molar-refractivity contribution >= 4 is 12.0 Å². The van der Waals surface area contributed by atoms with Crippen molar-refractivity contribution in [3.8, 4) is 0 Å². The minimum absolute atomic E-state index is 0.386. The van der Waals surface area contributed by atoms with Crippen molar-refractivity contribution in [1.29, 1.82) is 0 Å². The van der Waals surface area contributed by atoms with Crippen LogP contribution in [0.5, 0.6) is 0 Å². The molecule has 0 spiro atoms. The summed E-state index contributed by atoms with van der Waals surface area (Å²) >= 11 is 0. The summed E-state index contributed by atoms with van der Waals surface area (Å²) in [6.45, 7) is 10.5. The third-order valence-electron chi connectivity index (χ3n) is 3.38. The minimum Gasteiger partial charge on any atom is -0.478 e. The molecule has 0 atom stereocenters. The van der Waals surface area contributed by atoms with Gasteiger partial charge in [0.15, 0.2) is 0 Å². The van der Waals surface area contributed by atoms with Crippen LogP contribution in [0, 0.1) is 0 Å². The summed E-state index contributed by atoms with van der Waals surface area (Å²) in [4.78, 5) is 11.1. The molecule has 104 valence electrons. The number of carboxylic acids is 1. The first kappa shape index (κ1) is 15.5. The molecule has 0 heterocycles. The summed E-state index contributed by atoms with van der Waals surface area (Å²) in [6.07, 6.45) is 2.35. The van der Waals surface area contributed by atoms with Gasteiger partial charge in [-0.25, -0.2) is 4.79 Å². The van der Waals surface area contributed by atoms with Crippen LogP contribution in [-0.2, 0) is 4.79 Å². The van der Waals surface area contributed by atoms with Crippen molar-refractivity contribution in [3.63, 3.8) is 0 Å². The fourth-order valence-corrected chi connectivity index (χ4v) is 2.09. The monoisotopic (exact) mass is 260 g/mol. The molecular formula is C17H24O2. The third-order valence-corrected chi connectivity index (χ3v) is 3.38. The lowest BCUT2D eigenvalue weighted by atomic mass is 9.90. The maximum Gasteiger partial charge on any atom is 0.331 e. The van der Waals surface area contributed by atoms with Crippen LogP contribution in [0.15, 0.2) is 23.8 Å². The van der Waals surface area contributed by atoms with Gasteiger partial charge >= 0.3 is 5.97 Å². The van der Waals surface area contributed by atoms with Crippen molar-refractivity contribution in [2.75, 3.05) is 0 Å². The number of rotatable bonds is 5. The highest BCUT2D eigenvalue weighted by atomic mass is 16.4. The number of carbonyl (C=O) groups is 1. The van der Waals surface area contributed by atoms with Gasteiger partial charge in [0.05, 0.1) is 0 Å². The molecule has 1 aromatic rings. The summed E-state index contributed by atoms with van der Waals surface area (Å²) in [5.74, 6) is 0.0441. The van der Waals surface area contributed by atoms with Crippen LogP contribution < -0.4 is 0 Å². The molecule has 19 heavy (non-hydrogen) atoms. The van der Waals surface area contributed by atoms with Gasteiger partial charge in [0.25, 0.3) is 0 Å². The summed E-state index contributed by atoms with van der Waals surface area (Å²) in [6, 6.07) is 6.34. The Morgan fingerprint density at radius 2 is 1.84 bits per heavy atom. The van der Waals surface area contributed by atoms with E-state index in [0.717, 1.165) is 5.56 Å². The quantitative estimate of drug-likeness (QED) is 0.771. The molecule has 0 aromatic heterocycles. The molecule has 0 saturated carbocycles. The molecule has 0 aliphatic rings. The average molecular weight is 260 g/mol. The normalized spacial score (nSPS) is 12.3. The number of hydrogen-bond donors (Lipinski definition) is 1. The molecule has 0 radical (unpaired) electrons. The van der Waals surface area contributed by atoms with Crippen LogP contribution in [0.3, 0.4) is 0 Å². The van der Waals surface area contributed by atoms with Gasteiger partial charge in [0.2, 0.25) is 0 Å². The number of hydrogen-bond acceptors (Lipinski definition) is 1. The molecule has 0 aliphatic carbocycles. The summed E-state index contributed by atoms with van der Waals surface area (Å²) in [7, 11) is 0. The molecule has 0 unspecified atom stereocenters. The Balaban J connectivity index is 3.31. The number of benzene rings is 1. The van der Waals surface area contributed by atoms with E-state index in [4.69, 9.17) is 5.11 Å². The van der Waals surface area contributed by atoms with Gasteiger partial charge in [-0.1, -0.05) is 52.8 Å². The second-order valence-corrected chi connectivity index (χ2v) is 5.53. The average Bonchev–Trinajstić information content (AvgIpc) is 2.35. The molecule has 0 amide bonds. The Bertz CT molecular complexity index is 482. The predicted octanol–water partition coefficient (Wildman–Crippen LogP) is 4.81. The van der Waals surface area contributed by atoms with Gasteiger partial charge in [-0.05, 0) is 41.0 Å². The van der Waals surface area contributed by atoms with E-state index in [-0.39, 0.29) is 0 Å². The first-order chi connectivity index (χ1) is 8.86. The predicted molar refractivity (Wildman–Crippen MR) is 80.5 cm³/mol. The highest BCUT2D eigenvalue weighted by molar-refractivity contribution is 5.92. The van der Waals surface area contributed by atoms with E-state index in [1.165, 1.54) is 11.1 Å². The van der Waals surface area contributed by atoms with E-state index in [2.05, 4.69) is 39.8 Å². The highest BCUT2D eigenvalue weighted by Gasteiger charge is 2.11. The van der Waals surface area contributed by atoms with E-state index in [9.17, 15) is 4.79 Å². The lowest BCUT2D eigenvalue weighted by molar-refractivity contribution is -0.132. The lowest BCUT2D eigenvalue weighted by Crippen LogP contribution is -2.01. The van der Waals surface area contributed by atoms with Crippen LogP contribution in [0.2, 0.25) is 0 Å². The van der Waals surface area contributed by atoms with Crippen LogP contribution in [0.25, 0.3) is 6.08 Å². The van der Waals surface area contributed by atoms with E-state index >= 15 is 0 Å². The molecule has 0 saturated heterocycles. The third kappa shape index (κ3) is 3.95. The van der Waals surface area contributed by atoms with E-state index in [0.29, 0.717) is 23.8 Å². The molecule has 0 aliphatic heterocycles. The Labute approximate surface area is 116 Å². The van der Waals surface area contributed by atoms with Gasteiger partial charge in [0, 0.05) is 5.57 Å². The summed E-state index contributed by atoms with van der Waals surface area (Å²) in [5.41, 5.74) is 4.01. The minimum atomic E-state index is -0.829. The standard InChI is InChI=1S/C17H24O2/c1-6-13(17(18)19)9-15-8-7-14(11(2)3)10-16(15)12(4)5/h7-12H,6H2,1-5H3,(H,18,19). The smallest absolute Gasteiger partial charge is 0.331 e. The molecule has 0 bridgehead atoms. The maximum atomic E-state index is 11.1. The Morgan fingerprint density at radius 1 is 1.21 bits per heavy atom. The van der Waals surface area contributed by atoms with Gasteiger partial charge in [-0.3, -0.25) is 0 Å². The summed E-state index contributed by atoms with van der Waals surface area (Å²) < 4.78 is 0. The molecule has 1 N–H and O–H groups in total. The summed E-state index contributed by atoms with van der Waals surface area (Å²) in [5, 5.41) is 9.14. The SMILES string of the molecule is CCC(=Cc1ccc(C(C)C)cc1C(C)C)C(=O)O. The van der Waals surface area contributed by atoms with Crippen molar-refractivity contribution in [3.05, 3.63) is 40.5 Å². The zero-order chi connectivity index (χ0) is 14.6. The van der Waals surface area contributed by atoms with Crippen molar-refractivity contribution < 1.29 is 9.90 Å². The van der Waals surface area contributed by atoms with E-state index in [1.54, 1.807) is 0 Å². The van der Waals surface area contributed by atoms with E-state index < -0.39 is 5.97 Å². The van der Waals surface area contributed by atoms with Crippen LogP contribution in [-0.4, -0.2) is 11.1 Å².